The summed E-state index contributed by atoms with van der Waals surface area (Å²) in [7, 11) is 0. The number of fused-ring (bicyclic) bond motifs is 1. The van der Waals surface area contributed by atoms with E-state index in [1.54, 1.807) is 0 Å². The summed E-state index contributed by atoms with van der Waals surface area (Å²) in [6, 6.07) is 8.36. The Morgan fingerprint density at radius 2 is 2.07 bits per heavy atom. The van der Waals surface area contributed by atoms with Crippen LogP contribution in [-0.4, -0.2) is 54.6 Å². The summed E-state index contributed by atoms with van der Waals surface area (Å²) >= 11 is 0. The molecule has 0 radical (unpaired) electrons. The molecule has 1 aromatic heterocycles. The molecule has 3 rings (SSSR count). The summed E-state index contributed by atoms with van der Waals surface area (Å²) in [5.74, 6) is 0.911. The van der Waals surface area contributed by atoms with E-state index < -0.39 is 0 Å². The van der Waals surface area contributed by atoms with Gasteiger partial charge in [-0.25, -0.2) is 0 Å². The lowest BCUT2D eigenvalue weighted by atomic mass is 9.97. The van der Waals surface area contributed by atoms with E-state index in [9.17, 15) is 4.79 Å². The number of para-hydroxylation sites is 1. The molecule has 0 saturated carbocycles. The number of carbonyl (C=O) groups is 1. The number of esters is 1. The maximum absolute atomic E-state index is 11.9. The fraction of sp³-hybridized carbons (Fsp3) is 0.524. The molecule has 2 aromatic rings. The van der Waals surface area contributed by atoms with Crippen molar-refractivity contribution in [2.75, 3.05) is 32.8 Å². The lowest BCUT2D eigenvalue weighted by molar-refractivity contribution is -0.149. The van der Waals surface area contributed by atoms with Crippen LogP contribution in [0.1, 0.15) is 32.3 Å². The van der Waals surface area contributed by atoms with E-state index >= 15 is 0 Å². The third kappa shape index (κ3) is 4.81. The minimum absolute atomic E-state index is 0.0234. The number of rotatable bonds is 6. The third-order valence-electron chi connectivity index (χ3n) is 5.07. The molecule has 146 valence electrons. The molecular formula is C21H30N4O2. The van der Waals surface area contributed by atoms with Gasteiger partial charge in [0.1, 0.15) is 0 Å². The molecule has 1 saturated heterocycles. The Labute approximate surface area is 161 Å². The van der Waals surface area contributed by atoms with E-state index in [0.29, 0.717) is 6.61 Å². The van der Waals surface area contributed by atoms with E-state index in [-0.39, 0.29) is 11.9 Å². The maximum Gasteiger partial charge on any atom is 0.309 e. The molecule has 1 aliphatic rings. The number of H-pyrrole nitrogens is 1. The molecule has 0 bridgehead atoms. The Morgan fingerprint density at radius 3 is 2.81 bits per heavy atom. The zero-order valence-corrected chi connectivity index (χ0v) is 16.3. The van der Waals surface area contributed by atoms with Gasteiger partial charge in [0, 0.05) is 43.3 Å². The van der Waals surface area contributed by atoms with Gasteiger partial charge < -0.3 is 19.9 Å². The number of piperidine rings is 1. The van der Waals surface area contributed by atoms with E-state index in [1.807, 2.05) is 13.0 Å². The van der Waals surface area contributed by atoms with Gasteiger partial charge in [0.2, 0.25) is 0 Å². The molecule has 2 N–H and O–H groups in total. The minimum Gasteiger partial charge on any atom is -0.466 e. The van der Waals surface area contributed by atoms with Crippen molar-refractivity contribution in [3.8, 4) is 0 Å². The van der Waals surface area contributed by atoms with Crippen LogP contribution < -0.4 is 5.32 Å². The molecule has 6 nitrogen and oxygen atoms in total. The van der Waals surface area contributed by atoms with Gasteiger partial charge in [0.25, 0.3) is 0 Å². The Bertz CT molecular complexity index is 775. The van der Waals surface area contributed by atoms with Crippen molar-refractivity contribution in [1.29, 1.82) is 0 Å². The topological polar surface area (TPSA) is 69.7 Å². The number of nitrogens with one attached hydrogen (secondary N) is 2. The monoisotopic (exact) mass is 370 g/mol. The molecule has 6 heteroatoms. The molecule has 0 amide bonds. The average molecular weight is 370 g/mol. The van der Waals surface area contributed by atoms with E-state index in [2.05, 4.69) is 46.5 Å². The van der Waals surface area contributed by atoms with Crippen LogP contribution in [0.5, 0.6) is 0 Å². The highest BCUT2D eigenvalue weighted by atomic mass is 16.5. The van der Waals surface area contributed by atoms with Gasteiger partial charge in [-0.15, -0.1) is 0 Å². The second kappa shape index (κ2) is 9.44. The maximum atomic E-state index is 11.9. The van der Waals surface area contributed by atoms with Crippen molar-refractivity contribution in [2.24, 2.45) is 10.9 Å². The quantitative estimate of drug-likeness (QED) is 0.466. The molecule has 0 aliphatic carbocycles. The van der Waals surface area contributed by atoms with Crippen LogP contribution in [0.3, 0.4) is 0 Å². The van der Waals surface area contributed by atoms with Crippen LogP contribution in [0, 0.1) is 5.92 Å². The van der Waals surface area contributed by atoms with Gasteiger partial charge in [-0.05, 0) is 44.7 Å². The zero-order valence-electron chi connectivity index (χ0n) is 16.3. The third-order valence-corrected chi connectivity index (χ3v) is 5.07. The number of aromatic amines is 1. The normalized spacial score (nSPS) is 15.9. The SMILES string of the molecule is CCNC(=NCCc1c[nH]c2ccccc12)N1CCC(C(=O)OCC)CC1. The first-order valence-corrected chi connectivity index (χ1v) is 9.97. The van der Waals surface area contributed by atoms with Gasteiger partial charge in [0.05, 0.1) is 12.5 Å². The molecule has 27 heavy (non-hydrogen) atoms. The van der Waals surface area contributed by atoms with E-state index in [4.69, 9.17) is 9.73 Å². The highest BCUT2D eigenvalue weighted by molar-refractivity contribution is 5.83. The van der Waals surface area contributed by atoms with Crippen molar-refractivity contribution in [3.05, 3.63) is 36.0 Å². The number of guanidine groups is 1. The number of ether oxygens (including phenoxy) is 1. The zero-order chi connectivity index (χ0) is 19.1. The summed E-state index contributed by atoms with van der Waals surface area (Å²) in [6.45, 7) is 7.64. The number of hydrogen-bond donors (Lipinski definition) is 2. The summed E-state index contributed by atoms with van der Waals surface area (Å²) in [5, 5.41) is 4.66. The summed E-state index contributed by atoms with van der Waals surface area (Å²) in [6.07, 6.45) is 4.63. The predicted molar refractivity (Wildman–Crippen MR) is 109 cm³/mol. The van der Waals surface area contributed by atoms with Crippen LogP contribution in [0.25, 0.3) is 10.9 Å². The first-order valence-electron chi connectivity index (χ1n) is 9.97. The van der Waals surface area contributed by atoms with E-state index in [1.165, 1.54) is 16.5 Å². The smallest absolute Gasteiger partial charge is 0.309 e. The first-order chi connectivity index (χ1) is 13.2. The van der Waals surface area contributed by atoms with E-state index in [0.717, 1.165) is 51.4 Å². The number of aromatic nitrogens is 1. The van der Waals surface area contributed by atoms with Crippen LogP contribution >= 0.6 is 0 Å². The highest BCUT2D eigenvalue weighted by Gasteiger charge is 2.27. The van der Waals surface area contributed by atoms with Gasteiger partial charge in [-0.1, -0.05) is 18.2 Å². The van der Waals surface area contributed by atoms with Crippen molar-refractivity contribution < 1.29 is 9.53 Å². The molecular weight excluding hydrogens is 340 g/mol. The minimum atomic E-state index is -0.0570. The van der Waals surface area contributed by atoms with Crippen molar-refractivity contribution in [1.82, 2.24) is 15.2 Å². The fourth-order valence-corrected chi connectivity index (χ4v) is 3.63. The molecule has 1 fully saturated rings. The first kappa shape index (κ1) is 19.3. The Balaban J connectivity index is 1.58. The van der Waals surface area contributed by atoms with Crippen LogP contribution in [0.15, 0.2) is 35.5 Å². The summed E-state index contributed by atoms with van der Waals surface area (Å²) in [4.78, 5) is 22.3. The largest absolute Gasteiger partial charge is 0.466 e. The predicted octanol–water partition coefficient (Wildman–Crippen LogP) is 2.95. The summed E-state index contributed by atoms with van der Waals surface area (Å²) < 4.78 is 5.16. The van der Waals surface area contributed by atoms with Gasteiger partial charge in [0.15, 0.2) is 5.96 Å². The van der Waals surface area contributed by atoms with Crippen LogP contribution in [-0.2, 0) is 16.0 Å². The average Bonchev–Trinajstić information content (AvgIpc) is 3.11. The molecule has 0 atom stereocenters. The van der Waals surface area contributed by atoms with Crippen molar-refractivity contribution >= 4 is 22.8 Å². The number of benzene rings is 1. The molecule has 1 aliphatic heterocycles. The standard InChI is InChI=1S/C21H30N4O2/c1-3-22-21(25-13-10-16(11-14-25)20(26)27-4-2)23-12-9-17-15-24-19-8-6-5-7-18(17)19/h5-8,15-16,24H,3-4,9-14H2,1-2H3,(H,22,23). The van der Waals surface area contributed by atoms with Crippen LogP contribution in [0.4, 0.5) is 0 Å². The number of hydrogen-bond acceptors (Lipinski definition) is 3. The fourth-order valence-electron chi connectivity index (χ4n) is 3.63. The number of likely N-dealkylation sites (tertiary alicyclic amines) is 1. The van der Waals surface area contributed by atoms with Gasteiger partial charge in [-0.2, -0.15) is 0 Å². The van der Waals surface area contributed by atoms with Crippen LogP contribution in [0.2, 0.25) is 0 Å². The Kier molecular flexibility index (Phi) is 6.74. The van der Waals surface area contributed by atoms with Gasteiger partial charge >= 0.3 is 5.97 Å². The lowest BCUT2D eigenvalue weighted by Crippen LogP contribution is -2.46. The number of carbonyl (C=O) groups excluding carboxylic acids is 1. The van der Waals surface area contributed by atoms with Crippen molar-refractivity contribution in [2.45, 2.75) is 33.1 Å². The highest BCUT2D eigenvalue weighted by Crippen LogP contribution is 2.20. The second-order valence-electron chi connectivity index (χ2n) is 6.86. The summed E-state index contributed by atoms with van der Waals surface area (Å²) in [5.41, 5.74) is 2.47. The molecule has 2 heterocycles. The van der Waals surface area contributed by atoms with Gasteiger partial charge in [-0.3, -0.25) is 9.79 Å². The lowest BCUT2D eigenvalue weighted by Gasteiger charge is -2.33. The Hall–Kier alpha value is -2.50. The molecule has 0 unspecified atom stereocenters. The molecule has 1 aromatic carbocycles. The number of nitrogens with zero attached hydrogens (tertiary/aromatic N) is 2. The van der Waals surface area contributed by atoms with Crippen molar-refractivity contribution in [3.63, 3.8) is 0 Å². The second-order valence-corrected chi connectivity index (χ2v) is 6.86. The molecule has 0 spiro atoms. The Morgan fingerprint density at radius 1 is 1.30 bits per heavy atom. The number of aliphatic imine (C=N–C) groups is 1.